The first-order valence-corrected chi connectivity index (χ1v) is 11.5. The second kappa shape index (κ2) is 10.3. The van der Waals surface area contributed by atoms with Gasteiger partial charge in [-0.15, -0.1) is 64.0 Å². The van der Waals surface area contributed by atoms with Crippen molar-refractivity contribution in [2.45, 2.75) is 19.6 Å². The normalized spacial score (nSPS) is 15.4. The van der Waals surface area contributed by atoms with Crippen molar-refractivity contribution < 1.29 is 16.5 Å². The summed E-state index contributed by atoms with van der Waals surface area (Å²) < 4.78 is 3.31. The van der Waals surface area contributed by atoms with Gasteiger partial charge < -0.3 is 50.5 Å². The van der Waals surface area contributed by atoms with Crippen molar-refractivity contribution in [3.05, 3.63) is 65.5 Å². The predicted molar refractivity (Wildman–Crippen MR) is 120 cm³/mol. The monoisotopic (exact) mass is 514 g/mol. The molecule has 2 aliphatic heterocycles. The summed E-state index contributed by atoms with van der Waals surface area (Å²) in [4.78, 5) is 4.89. The number of hydrogen-bond donors (Lipinski definition) is 0. The van der Waals surface area contributed by atoms with E-state index in [4.69, 9.17) is 50.5 Å². The Morgan fingerprint density at radius 3 is 0.840 bits per heavy atom. The van der Waals surface area contributed by atoms with Crippen molar-refractivity contribution in [1.82, 2.24) is 0 Å². The fourth-order valence-corrected chi connectivity index (χ4v) is 6.77. The molecule has 0 N–H and O–H groups in total. The molecule has 0 unspecified atom stereocenters. The Morgan fingerprint density at radius 1 is 0.440 bits per heavy atom. The second-order valence-corrected chi connectivity index (χ2v) is 11.3. The van der Waals surface area contributed by atoms with Crippen molar-refractivity contribution in [2.75, 3.05) is 0 Å². The van der Waals surface area contributed by atoms with Crippen molar-refractivity contribution in [3.8, 4) is 0 Å². The smallest absolute Gasteiger partial charge is 0.0239 e. The molecule has 0 nitrogen and oxygen atoms in total. The third-order valence-corrected chi connectivity index (χ3v) is 9.81. The zero-order valence-electron chi connectivity index (χ0n) is 12.2. The Labute approximate surface area is 197 Å². The number of rotatable bonds is 0. The van der Waals surface area contributed by atoms with Crippen LogP contribution in [0.5, 0.6) is 0 Å². The van der Waals surface area contributed by atoms with Crippen molar-refractivity contribution >= 4 is 97.6 Å². The maximum absolute atomic E-state index is 5.11. The van der Waals surface area contributed by atoms with E-state index in [9.17, 15) is 0 Å². The molecular formula is C16H8NiS8-4. The summed E-state index contributed by atoms with van der Waals surface area (Å²) in [5.41, 5.74) is 0. The van der Waals surface area contributed by atoms with Crippen LogP contribution in [-0.4, -0.2) is 0 Å². The van der Waals surface area contributed by atoms with Crippen LogP contribution in [0.1, 0.15) is 0 Å². The van der Waals surface area contributed by atoms with Gasteiger partial charge in [0.05, 0.1) is 0 Å². The molecule has 0 amide bonds. The quantitative estimate of drug-likeness (QED) is 0.296. The Hall–Kier alpha value is 0.694. The molecule has 25 heavy (non-hydrogen) atoms. The van der Waals surface area contributed by atoms with Crippen LogP contribution < -0.4 is 0 Å². The largest absolute Gasteiger partial charge is 0.774 e. The van der Waals surface area contributed by atoms with E-state index in [0.29, 0.717) is 0 Å². The summed E-state index contributed by atoms with van der Waals surface area (Å²) in [6, 6.07) is 16.4. The molecule has 2 aromatic rings. The van der Waals surface area contributed by atoms with Crippen LogP contribution in [0.25, 0.3) is 0 Å². The minimum atomic E-state index is 0. The molecule has 134 valence electrons. The van der Waals surface area contributed by atoms with Crippen molar-refractivity contribution in [3.63, 3.8) is 0 Å². The molecule has 0 atom stereocenters. The summed E-state index contributed by atoms with van der Waals surface area (Å²) >= 11 is 26.8. The molecule has 0 bridgehead atoms. The van der Waals surface area contributed by atoms with Gasteiger partial charge in [0.15, 0.2) is 0 Å². The van der Waals surface area contributed by atoms with Gasteiger partial charge in [-0.1, -0.05) is 24.3 Å². The third kappa shape index (κ3) is 5.83. The van der Waals surface area contributed by atoms with Crippen LogP contribution in [0, 0.1) is 0 Å². The standard InChI is InChI=1S/2C8H6S4.Ni/c2*9-7-8(10)12-6-4-2-1-3-5(6)11-7;/h2*1-4,9-10H;/p-4. The van der Waals surface area contributed by atoms with Gasteiger partial charge in [-0.05, 0) is 24.3 Å². The average molecular weight is 515 g/mol. The molecule has 0 saturated carbocycles. The molecule has 0 aliphatic carbocycles. The molecule has 0 saturated heterocycles. The van der Waals surface area contributed by atoms with E-state index in [1.54, 1.807) is 47.0 Å². The maximum atomic E-state index is 5.11. The zero-order chi connectivity index (χ0) is 17.1. The van der Waals surface area contributed by atoms with Gasteiger partial charge in [0.1, 0.15) is 0 Å². The molecule has 2 aliphatic rings. The summed E-state index contributed by atoms with van der Waals surface area (Å²) in [5, 5.41) is 0. The van der Waals surface area contributed by atoms with Crippen LogP contribution in [0.4, 0.5) is 0 Å². The van der Waals surface area contributed by atoms with Crippen molar-refractivity contribution in [2.24, 2.45) is 0 Å². The number of fused-ring (bicyclic) bond motifs is 2. The molecule has 2 aromatic carbocycles. The second-order valence-electron chi connectivity index (χ2n) is 4.45. The van der Waals surface area contributed by atoms with E-state index in [0.717, 1.165) is 16.9 Å². The van der Waals surface area contributed by atoms with Crippen LogP contribution in [0.2, 0.25) is 0 Å². The summed E-state index contributed by atoms with van der Waals surface area (Å²) in [6.45, 7) is 0. The number of benzene rings is 2. The topological polar surface area (TPSA) is 0 Å². The van der Waals surface area contributed by atoms with E-state index < -0.39 is 0 Å². The van der Waals surface area contributed by atoms with Crippen LogP contribution in [0.15, 0.2) is 85.1 Å². The first-order valence-electron chi connectivity index (χ1n) is 6.60. The zero-order valence-corrected chi connectivity index (χ0v) is 19.7. The van der Waals surface area contributed by atoms with Gasteiger partial charge >= 0.3 is 0 Å². The summed E-state index contributed by atoms with van der Waals surface area (Å²) in [6.07, 6.45) is 0. The van der Waals surface area contributed by atoms with Crippen LogP contribution in [-0.2, 0) is 67.0 Å². The molecule has 0 aromatic heterocycles. The van der Waals surface area contributed by atoms with E-state index in [2.05, 4.69) is 24.3 Å². The number of hydrogen-bond acceptors (Lipinski definition) is 8. The predicted octanol–water partition coefficient (Wildman–Crippen LogP) is 6.21. The van der Waals surface area contributed by atoms with E-state index in [-0.39, 0.29) is 16.5 Å². The Balaban J connectivity index is 0.000000173. The summed E-state index contributed by atoms with van der Waals surface area (Å²) in [7, 11) is 0. The number of thioether (sulfide) groups is 4. The van der Waals surface area contributed by atoms with E-state index >= 15 is 0 Å². The molecule has 4 rings (SSSR count). The molecule has 0 fully saturated rings. The molecular weight excluding hydrogens is 507 g/mol. The maximum Gasteiger partial charge on any atom is 0.0239 e. The molecule has 0 spiro atoms. The Bertz CT molecular complexity index is 695. The molecule has 0 radical (unpaired) electrons. The Kier molecular flexibility index (Phi) is 9.06. The van der Waals surface area contributed by atoms with Crippen LogP contribution in [0.3, 0.4) is 0 Å². The first-order chi connectivity index (χ1) is 11.5. The van der Waals surface area contributed by atoms with E-state index in [1.165, 1.54) is 19.6 Å². The minimum Gasteiger partial charge on any atom is -0.774 e. The first kappa shape index (κ1) is 22.0. The summed E-state index contributed by atoms with van der Waals surface area (Å²) in [5.74, 6) is 0. The van der Waals surface area contributed by atoms with Gasteiger partial charge in [-0.2, -0.15) is 0 Å². The average Bonchev–Trinajstić information content (AvgIpc) is 2.57. The van der Waals surface area contributed by atoms with E-state index in [1.807, 2.05) is 24.3 Å². The fraction of sp³-hybridized carbons (Fsp3) is 0. The van der Waals surface area contributed by atoms with Crippen molar-refractivity contribution in [1.29, 1.82) is 0 Å². The third-order valence-electron chi connectivity index (χ3n) is 2.84. The molecule has 2 heterocycles. The fourth-order valence-electron chi connectivity index (χ4n) is 1.80. The van der Waals surface area contributed by atoms with Gasteiger partial charge in [0, 0.05) is 36.1 Å². The Morgan fingerprint density at radius 2 is 0.640 bits per heavy atom. The minimum absolute atomic E-state index is 0. The van der Waals surface area contributed by atoms with Gasteiger partial charge in [0.2, 0.25) is 0 Å². The van der Waals surface area contributed by atoms with Gasteiger partial charge in [-0.3, -0.25) is 0 Å². The van der Waals surface area contributed by atoms with Gasteiger partial charge in [-0.25, -0.2) is 0 Å². The van der Waals surface area contributed by atoms with Crippen LogP contribution >= 0.6 is 47.0 Å². The van der Waals surface area contributed by atoms with Gasteiger partial charge in [0.25, 0.3) is 0 Å². The SMILES string of the molecule is [Ni].[S-]C1=C([S-])Sc2ccccc2S1.[S-]C1=C([S-])Sc2ccccc2S1. The molecule has 9 heteroatoms.